The van der Waals surface area contributed by atoms with Crippen molar-refractivity contribution in [3.05, 3.63) is 214 Å². The molecule has 0 aliphatic carbocycles. The Morgan fingerprint density at radius 1 is 0.457 bits per heavy atom. The van der Waals surface area contributed by atoms with Crippen LogP contribution in [0.5, 0.6) is 11.5 Å². The molecule has 0 radical (unpaired) electrons. The van der Waals surface area contributed by atoms with Gasteiger partial charge in [-0.05, 0) is 69.6 Å². The maximum absolute atomic E-state index is 10.5. The molecule has 6 aromatic carbocycles. The molecule has 434 valence electrons. The normalized spacial score (nSPS) is 18.1. The fourth-order valence-electron chi connectivity index (χ4n) is 10.2. The Morgan fingerprint density at radius 2 is 0.877 bits per heavy atom. The van der Waals surface area contributed by atoms with Crippen molar-refractivity contribution >= 4 is 0 Å². The molecule has 6 aromatic rings. The molecule has 0 N–H and O–H groups in total. The van der Waals surface area contributed by atoms with Crippen molar-refractivity contribution in [3.8, 4) is 11.5 Å². The fraction of sp³-hybridized carbons (Fsp3) is 0.471. The Bertz CT molecular complexity index is 2590. The van der Waals surface area contributed by atoms with Crippen molar-refractivity contribution in [2.24, 2.45) is 5.11 Å². The molecule has 1 aliphatic heterocycles. The maximum Gasteiger partial charge on any atom is 0.186 e. The molecule has 13 heteroatoms. The van der Waals surface area contributed by atoms with Crippen molar-refractivity contribution in [3.63, 3.8) is 0 Å². The lowest BCUT2D eigenvalue weighted by atomic mass is 9.97. The second-order valence-electron chi connectivity index (χ2n) is 20.9. The average Bonchev–Trinajstić information content (AvgIpc) is 3.55. The largest absolute Gasteiger partial charge is 0.497 e. The fourth-order valence-corrected chi connectivity index (χ4v) is 10.2. The summed E-state index contributed by atoms with van der Waals surface area (Å²) in [5, 5.41) is 4.49. The summed E-state index contributed by atoms with van der Waals surface area (Å²) in [6.07, 6.45) is 10.1. The van der Waals surface area contributed by atoms with Crippen LogP contribution in [0.15, 0.2) is 175 Å². The van der Waals surface area contributed by atoms with E-state index in [0.29, 0.717) is 19.6 Å². The molecule has 1 saturated heterocycles. The molecular formula is C68H87N3O10. The minimum atomic E-state index is -1.05. The third kappa shape index (κ3) is 22.3. The van der Waals surface area contributed by atoms with Crippen molar-refractivity contribution in [2.45, 2.75) is 179 Å². The van der Waals surface area contributed by atoms with Crippen LogP contribution in [-0.2, 0) is 77.5 Å². The predicted octanol–water partition coefficient (Wildman–Crippen LogP) is 15.7. The summed E-state index contributed by atoms with van der Waals surface area (Å²) in [6, 6.07) is 54.9. The van der Waals surface area contributed by atoms with Gasteiger partial charge in [0.2, 0.25) is 0 Å². The molecule has 0 amide bonds. The first kappa shape index (κ1) is 62.5. The van der Waals surface area contributed by atoms with Crippen LogP contribution in [-0.4, -0.2) is 76.4 Å². The summed E-state index contributed by atoms with van der Waals surface area (Å²) < 4.78 is 66.4. The van der Waals surface area contributed by atoms with E-state index in [-0.39, 0.29) is 39.6 Å². The molecule has 8 atom stereocenters. The number of azide groups is 1. The van der Waals surface area contributed by atoms with Gasteiger partial charge in [0, 0.05) is 4.91 Å². The number of nitrogens with zero attached hydrogens (tertiary/aromatic N) is 3. The van der Waals surface area contributed by atoms with Gasteiger partial charge in [0.05, 0.1) is 85.3 Å². The van der Waals surface area contributed by atoms with Gasteiger partial charge in [-0.2, -0.15) is 0 Å². The van der Waals surface area contributed by atoms with Crippen molar-refractivity contribution in [2.75, 3.05) is 27.4 Å². The zero-order chi connectivity index (χ0) is 56.4. The third-order valence-corrected chi connectivity index (χ3v) is 14.8. The number of hydrogen-bond acceptors (Lipinski definition) is 11. The second-order valence-corrected chi connectivity index (χ2v) is 20.9. The SMILES string of the molecule is CCCCCCCCCCCCCC[C@@H](OCc1ccc(OC)cc1)C(OCc1ccc(OC)cc1)[C@H](COC1O[C@H](COCc2ccccc2)[C@H](OCc2ccccc2)[C@H](OCc2ccccc2)[C@H]1OCc1ccccc1)N=[N+]=[N-]. The summed E-state index contributed by atoms with van der Waals surface area (Å²) in [5.74, 6) is 1.50. The minimum Gasteiger partial charge on any atom is -0.497 e. The first-order chi connectivity index (χ1) is 40.0. The molecule has 0 bridgehead atoms. The molecule has 7 rings (SSSR count). The zero-order valence-electron chi connectivity index (χ0n) is 48.1. The lowest BCUT2D eigenvalue weighted by Gasteiger charge is -2.46. The van der Waals surface area contributed by atoms with Gasteiger partial charge >= 0.3 is 0 Å². The van der Waals surface area contributed by atoms with Crippen molar-refractivity contribution in [1.29, 1.82) is 0 Å². The lowest BCUT2D eigenvalue weighted by molar-refractivity contribution is -0.329. The number of rotatable bonds is 40. The first-order valence-corrected chi connectivity index (χ1v) is 29.4. The monoisotopic (exact) mass is 1110 g/mol. The van der Waals surface area contributed by atoms with Gasteiger partial charge in [-0.1, -0.05) is 235 Å². The topological polar surface area (TPSA) is 141 Å². The summed E-state index contributed by atoms with van der Waals surface area (Å²) in [5.41, 5.74) is 16.3. The van der Waals surface area contributed by atoms with Gasteiger partial charge < -0.3 is 47.4 Å². The summed E-state index contributed by atoms with van der Waals surface area (Å²) in [4.78, 5) is 3.45. The number of ether oxygens (including phenoxy) is 10. The van der Waals surface area contributed by atoms with E-state index >= 15 is 0 Å². The van der Waals surface area contributed by atoms with Crippen LogP contribution in [0.1, 0.15) is 124 Å². The summed E-state index contributed by atoms with van der Waals surface area (Å²) in [6.45, 7) is 3.96. The Kier molecular flexibility index (Phi) is 28.6. The van der Waals surface area contributed by atoms with Crippen LogP contribution in [0.25, 0.3) is 10.4 Å². The second kappa shape index (κ2) is 37.1. The third-order valence-electron chi connectivity index (χ3n) is 14.8. The van der Waals surface area contributed by atoms with E-state index in [1.165, 1.54) is 57.8 Å². The lowest BCUT2D eigenvalue weighted by Crippen LogP contribution is -2.62. The van der Waals surface area contributed by atoms with E-state index in [1.807, 2.05) is 170 Å². The minimum absolute atomic E-state index is 0.105. The molecule has 0 spiro atoms. The molecule has 1 heterocycles. The van der Waals surface area contributed by atoms with E-state index in [1.54, 1.807) is 14.2 Å². The molecule has 0 aromatic heterocycles. The highest BCUT2D eigenvalue weighted by Gasteiger charge is 2.49. The van der Waals surface area contributed by atoms with Crippen LogP contribution < -0.4 is 9.47 Å². The Hall–Kier alpha value is -6.09. The number of unbranched alkanes of at least 4 members (excludes halogenated alkanes) is 11. The highest BCUT2D eigenvalue weighted by Crippen LogP contribution is 2.33. The van der Waals surface area contributed by atoms with Gasteiger partial charge in [0.25, 0.3) is 0 Å². The summed E-state index contributed by atoms with van der Waals surface area (Å²) >= 11 is 0. The van der Waals surface area contributed by atoms with E-state index in [4.69, 9.17) is 47.4 Å². The summed E-state index contributed by atoms with van der Waals surface area (Å²) in [7, 11) is 3.31. The van der Waals surface area contributed by atoms with Gasteiger partial charge in [-0.25, -0.2) is 0 Å². The quantitative estimate of drug-likeness (QED) is 0.0158. The van der Waals surface area contributed by atoms with Crippen LogP contribution in [0.3, 0.4) is 0 Å². The number of methoxy groups -OCH3 is 2. The van der Waals surface area contributed by atoms with E-state index in [2.05, 4.69) is 16.9 Å². The molecule has 2 unspecified atom stereocenters. The number of hydrogen-bond donors (Lipinski definition) is 0. The Morgan fingerprint density at radius 3 is 1.35 bits per heavy atom. The van der Waals surface area contributed by atoms with Gasteiger partial charge in [-0.15, -0.1) is 0 Å². The average molecular weight is 1110 g/mol. The van der Waals surface area contributed by atoms with Crippen LogP contribution in [0.2, 0.25) is 0 Å². The van der Waals surface area contributed by atoms with Crippen LogP contribution in [0, 0.1) is 0 Å². The van der Waals surface area contributed by atoms with Crippen LogP contribution in [0.4, 0.5) is 0 Å². The van der Waals surface area contributed by atoms with E-state index < -0.39 is 49.0 Å². The van der Waals surface area contributed by atoms with Crippen molar-refractivity contribution in [1.82, 2.24) is 0 Å². The highest BCUT2D eigenvalue weighted by molar-refractivity contribution is 5.28. The standard InChI is InChI=1S/C68H87N3O10/c1-4-5-6-7-8-9-10-11-12-13-14-27-36-62(75-46-57-37-41-59(72-2)42-38-57)64(76-50-58-39-43-60(73-3)44-40-58)61(70-71-69)51-80-68-67(79-49-56-34-25-18-26-35-56)66(78-48-55-32-23-17-24-33-55)65(77-47-54-30-21-16-22-31-54)63(81-68)52-74-45-53-28-19-15-20-29-53/h15-26,28-35,37-44,61-68H,4-14,27,36,45-52H2,1-3H3/t61-,62+,63+,64?,65-,66-,67+,68?/m0/s1. The molecule has 1 fully saturated rings. The highest BCUT2D eigenvalue weighted by atomic mass is 16.7. The Balaban J connectivity index is 1.19. The molecule has 1 aliphatic rings. The van der Waals surface area contributed by atoms with Gasteiger partial charge in [-0.3, -0.25) is 0 Å². The van der Waals surface area contributed by atoms with Crippen molar-refractivity contribution < 1.29 is 47.4 Å². The molecule has 81 heavy (non-hydrogen) atoms. The van der Waals surface area contributed by atoms with E-state index in [0.717, 1.165) is 64.1 Å². The van der Waals surface area contributed by atoms with Crippen LogP contribution >= 0.6 is 0 Å². The molecule has 13 nitrogen and oxygen atoms in total. The first-order valence-electron chi connectivity index (χ1n) is 29.4. The Labute approximate surface area is 482 Å². The maximum atomic E-state index is 10.5. The van der Waals surface area contributed by atoms with Gasteiger partial charge in [0.15, 0.2) is 6.29 Å². The van der Waals surface area contributed by atoms with E-state index in [9.17, 15) is 5.53 Å². The zero-order valence-corrected chi connectivity index (χ0v) is 48.1. The van der Waals surface area contributed by atoms with Gasteiger partial charge in [0.1, 0.15) is 35.9 Å². The molecular weight excluding hydrogens is 1020 g/mol. The smallest absolute Gasteiger partial charge is 0.186 e. The number of benzene rings is 6. The molecule has 0 saturated carbocycles. The predicted molar refractivity (Wildman–Crippen MR) is 318 cm³/mol.